The van der Waals surface area contributed by atoms with Crippen LogP contribution in [0.5, 0.6) is 0 Å². The van der Waals surface area contributed by atoms with Gasteiger partial charge in [0.25, 0.3) is 0 Å². The Bertz CT molecular complexity index is 382. The van der Waals surface area contributed by atoms with E-state index in [1.165, 1.54) is 6.20 Å². The molecule has 1 unspecified atom stereocenters. The van der Waals surface area contributed by atoms with Crippen LogP contribution in [0.4, 0.5) is 13.2 Å². The zero-order valence-electron chi connectivity index (χ0n) is 9.09. The molecule has 0 saturated carbocycles. The smallest absolute Gasteiger partial charge is 0.366 e. The summed E-state index contributed by atoms with van der Waals surface area (Å²) in [7, 11) is 0. The molecule has 1 rings (SSSR count). The van der Waals surface area contributed by atoms with Crippen LogP contribution in [0.25, 0.3) is 0 Å². The Morgan fingerprint density at radius 3 is 2.65 bits per heavy atom. The molecule has 0 aliphatic heterocycles. The molecule has 0 aliphatic carbocycles. The zero-order chi connectivity index (χ0) is 13.1. The Kier molecular flexibility index (Phi) is 4.73. The van der Waals surface area contributed by atoms with Crippen LogP contribution < -0.4 is 5.73 Å². The Balaban J connectivity index is 2.61. The van der Waals surface area contributed by atoms with Gasteiger partial charge in [-0.05, 0) is 18.6 Å². The third-order valence-electron chi connectivity index (χ3n) is 1.97. The fourth-order valence-electron chi connectivity index (χ4n) is 1.10. The molecule has 17 heavy (non-hydrogen) atoms. The van der Waals surface area contributed by atoms with Gasteiger partial charge in [-0.25, -0.2) is 0 Å². The fourth-order valence-corrected chi connectivity index (χ4v) is 1.33. The van der Waals surface area contributed by atoms with Crippen molar-refractivity contribution in [3.05, 3.63) is 28.5 Å². The van der Waals surface area contributed by atoms with Gasteiger partial charge in [0.2, 0.25) is 0 Å². The van der Waals surface area contributed by atoms with Crippen LogP contribution in [0, 0.1) is 0 Å². The second-order valence-electron chi connectivity index (χ2n) is 3.59. The normalized spacial score (nSPS) is 13.8. The molecule has 2 N–H and O–H groups in total. The quantitative estimate of drug-likeness (QED) is 0.913. The molecule has 0 amide bonds. The minimum atomic E-state index is -4.35. The number of rotatable bonds is 4. The van der Waals surface area contributed by atoms with Crippen LogP contribution in [0.15, 0.2) is 12.3 Å². The Hall–Kier alpha value is -0.850. The largest absolute Gasteiger partial charge is 0.411 e. The van der Waals surface area contributed by atoms with Gasteiger partial charge in [0, 0.05) is 12.2 Å². The van der Waals surface area contributed by atoms with Gasteiger partial charge >= 0.3 is 6.18 Å². The molecule has 1 aromatic rings. The van der Waals surface area contributed by atoms with Gasteiger partial charge in [0.15, 0.2) is 0 Å². The summed E-state index contributed by atoms with van der Waals surface area (Å²) in [5.41, 5.74) is 6.59. The van der Waals surface area contributed by atoms with Crippen LogP contribution in [0.1, 0.15) is 24.2 Å². The first-order valence-corrected chi connectivity index (χ1v) is 5.22. The summed E-state index contributed by atoms with van der Waals surface area (Å²) in [6, 6.07) is 1.34. The molecule has 0 aromatic carbocycles. The predicted molar refractivity (Wildman–Crippen MR) is 57.6 cm³/mol. The monoisotopic (exact) mass is 268 g/mol. The van der Waals surface area contributed by atoms with E-state index in [1.54, 1.807) is 13.0 Å². The second kappa shape index (κ2) is 5.66. The zero-order valence-corrected chi connectivity index (χ0v) is 9.85. The SMILES string of the molecule is CC(N)c1cnc(COCC(F)(F)F)c(Cl)c1. The molecule has 0 fully saturated rings. The predicted octanol–water partition coefficient (Wildman–Crippen LogP) is 2.83. The van der Waals surface area contributed by atoms with E-state index >= 15 is 0 Å². The van der Waals surface area contributed by atoms with Gasteiger partial charge in [-0.2, -0.15) is 13.2 Å². The number of aromatic nitrogens is 1. The number of nitrogens with zero attached hydrogens (tertiary/aromatic N) is 1. The van der Waals surface area contributed by atoms with E-state index in [0.717, 1.165) is 5.56 Å². The van der Waals surface area contributed by atoms with Crippen LogP contribution >= 0.6 is 11.6 Å². The number of pyridine rings is 1. The molecule has 0 saturated heterocycles. The maximum atomic E-state index is 11.8. The second-order valence-corrected chi connectivity index (χ2v) is 4.00. The van der Waals surface area contributed by atoms with E-state index in [2.05, 4.69) is 9.72 Å². The summed E-state index contributed by atoms with van der Waals surface area (Å²) in [5.74, 6) is 0. The van der Waals surface area contributed by atoms with Gasteiger partial charge in [-0.15, -0.1) is 0 Å². The average molecular weight is 269 g/mol. The molecular weight excluding hydrogens is 257 g/mol. The van der Waals surface area contributed by atoms with Crippen molar-refractivity contribution in [2.45, 2.75) is 25.7 Å². The van der Waals surface area contributed by atoms with Crippen molar-refractivity contribution in [2.24, 2.45) is 5.73 Å². The first kappa shape index (κ1) is 14.2. The van der Waals surface area contributed by atoms with Crippen molar-refractivity contribution in [3.8, 4) is 0 Å². The topological polar surface area (TPSA) is 48.1 Å². The number of ether oxygens (including phenoxy) is 1. The van der Waals surface area contributed by atoms with Crippen molar-refractivity contribution in [1.82, 2.24) is 4.98 Å². The number of hydrogen-bond acceptors (Lipinski definition) is 3. The highest BCUT2D eigenvalue weighted by molar-refractivity contribution is 6.31. The van der Waals surface area contributed by atoms with Crippen LogP contribution in [-0.2, 0) is 11.3 Å². The van der Waals surface area contributed by atoms with E-state index < -0.39 is 12.8 Å². The molecule has 96 valence electrons. The minimum Gasteiger partial charge on any atom is -0.366 e. The summed E-state index contributed by atoms with van der Waals surface area (Å²) in [5, 5.41) is 0.252. The third-order valence-corrected chi connectivity index (χ3v) is 2.30. The van der Waals surface area contributed by atoms with Gasteiger partial charge in [-0.1, -0.05) is 11.6 Å². The molecule has 0 radical (unpaired) electrons. The van der Waals surface area contributed by atoms with E-state index in [9.17, 15) is 13.2 Å². The van der Waals surface area contributed by atoms with Crippen molar-refractivity contribution in [2.75, 3.05) is 6.61 Å². The molecule has 1 heterocycles. The number of hydrogen-bond donors (Lipinski definition) is 1. The average Bonchev–Trinajstić information content (AvgIpc) is 2.18. The van der Waals surface area contributed by atoms with Crippen molar-refractivity contribution in [3.63, 3.8) is 0 Å². The summed E-state index contributed by atoms with van der Waals surface area (Å²) >= 11 is 5.84. The highest BCUT2D eigenvalue weighted by Gasteiger charge is 2.27. The van der Waals surface area contributed by atoms with Crippen LogP contribution in [0.2, 0.25) is 5.02 Å². The van der Waals surface area contributed by atoms with Gasteiger partial charge in [-0.3, -0.25) is 4.98 Å². The molecule has 0 bridgehead atoms. The first-order chi connectivity index (χ1) is 7.79. The third kappa shape index (κ3) is 4.89. The van der Waals surface area contributed by atoms with E-state index in [0.29, 0.717) is 0 Å². The summed E-state index contributed by atoms with van der Waals surface area (Å²) in [4.78, 5) is 3.91. The molecule has 0 aliphatic rings. The molecule has 0 spiro atoms. The van der Waals surface area contributed by atoms with Crippen LogP contribution in [-0.4, -0.2) is 17.8 Å². The first-order valence-electron chi connectivity index (χ1n) is 4.84. The summed E-state index contributed by atoms with van der Waals surface area (Å²) < 4.78 is 40.0. The minimum absolute atomic E-state index is 0.231. The number of nitrogens with two attached hydrogens (primary N) is 1. The molecule has 1 aromatic heterocycles. The lowest BCUT2D eigenvalue weighted by Crippen LogP contribution is -2.17. The molecular formula is C10H12ClF3N2O. The molecule has 7 heteroatoms. The van der Waals surface area contributed by atoms with E-state index in [-0.39, 0.29) is 23.4 Å². The van der Waals surface area contributed by atoms with Crippen molar-refractivity contribution < 1.29 is 17.9 Å². The lowest BCUT2D eigenvalue weighted by molar-refractivity contribution is -0.176. The lowest BCUT2D eigenvalue weighted by Gasteiger charge is -2.10. The van der Waals surface area contributed by atoms with Gasteiger partial charge in [0.05, 0.1) is 17.3 Å². The maximum absolute atomic E-state index is 11.8. The van der Waals surface area contributed by atoms with Gasteiger partial charge in [0.1, 0.15) is 6.61 Å². The molecule has 3 nitrogen and oxygen atoms in total. The highest BCUT2D eigenvalue weighted by Crippen LogP contribution is 2.20. The Morgan fingerprint density at radius 1 is 1.53 bits per heavy atom. The van der Waals surface area contributed by atoms with Gasteiger partial charge < -0.3 is 10.5 Å². The van der Waals surface area contributed by atoms with E-state index in [1.807, 2.05) is 0 Å². The van der Waals surface area contributed by atoms with Crippen molar-refractivity contribution >= 4 is 11.6 Å². The van der Waals surface area contributed by atoms with Crippen molar-refractivity contribution in [1.29, 1.82) is 0 Å². The Morgan fingerprint density at radius 2 is 2.18 bits per heavy atom. The standard InChI is InChI=1S/C10H12ClF3N2O/c1-6(15)7-2-8(11)9(16-3-7)4-17-5-10(12,13)14/h2-3,6H,4-5,15H2,1H3. The van der Waals surface area contributed by atoms with Crippen LogP contribution in [0.3, 0.4) is 0 Å². The summed E-state index contributed by atoms with van der Waals surface area (Å²) in [6.07, 6.45) is -2.87. The number of halogens is 4. The molecule has 1 atom stereocenters. The number of alkyl halides is 3. The maximum Gasteiger partial charge on any atom is 0.411 e. The highest BCUT2D eigenvalue weighted by atomic mass is 35.5. The lowest BCUT2D eigenvalue weighted by atomic mass is 10.1. The Labute approximate surface area is 102 Å². The van der Waals surface area contributed by atoms with E-state index in [4.69, 9.17) is 17.3 Å². The summed E-state index contributed by atoms with van der Waals surface area (Å²) in [6.45, 7) is 0.158. The fraction of sp³-hybridized carbons (Fsp3) is 0.500.